The second-order valence-corrected chi connectivity index (χ2v) is 12.5. The van der Waals surface area contributed by atoms with E-state index in [-0.39, 0.29) is 0 Å². The van der Waals surface area contributed by atoms with Crippen molar-refractivity contribution in [2.75, 3.05) is 0 Å². The molecule has 0 saturated carbocycles. The van der Waals surface area contributed by atoms with E-state index in [0.717, 1.165) is 73.0 Å². The zero-order valence-corrected chi connectivity index (χ0v) is 27.3. The third-order valence-corrected chi connectivity index (χ3v) is 9.65. The van der Waals surface area contributed by atoms with Gasteiger partial charge in [0.25, 0.3) is 0 Å². The Morgan fingerprint density at radius 3 is 1.54 bits per heavy atom. The van der Waals surface area contributed by atoms with Gasteiger partial charge in [0.1, 0.15) is 11.5 Å². The predicted molar refractivity (Wildman–Crippen MR) is 202 cm³/mol. The Labute approximate surface area is 292 Å². The van der Waals surface area contributed by atoms with Crippen LogP contribution in [0.5, 0.6) is 11.5 Å². The Hall–Kier alpha value is -6.58. The molecule has 7 aromatic carbocycles. The summed E-state index contributed by atoms with van der Waals surface area (Å²) in [5.41, 5.74) is 10.9. The van der Waals surface area contributed by atoms with E-state index in [2.05, 4.69) is 170 Å². The molecule has 0 amide bonds. The fourth-order valence-electron chi connectivity index (χ4n) is 7.41. The lowest BCUT2D eigenvalue weighted by molar-refractivity contribution is 0.434. The van der Waals surface area contributed by atoms with Crippen molar-refractivity contribution in [3.05, 3.63) is 216 Å². The van der Waals surface area contributed by atoms with Crippen LogP contribution in [-0.4, -0.2) is 9.97 Å². The van der Waals surface area contributed by atoms with E-state index in [1.807, 2.05) is 24.3 Å². The number of hydrogen-bond acceptors (Lipinski definition) is 3. The first-order valence-electron chi connectivity index (χ1n) is 16.9. The van der Waals surface area contributed by atoms with E-state index in [1.54, 1.807) is 0 Å². The summed E-state index contributed by atoms with van der Waals surface area (Å²) in [6.45, 7) is 0. The van der Waals surface area contributed by atoms with Crippen LogP contribution in [0.3, 0.4) is 0 Å². The zero-order chi connectivity index (χ0) is 33.3. The van der Waals surface area contributed by atoms with Crippen molar-refractivity contribution in [3.8, 4) is 56.5 Å². The van der Waals surface area contributed by atoms with Gasteiger partial charge in [-0.1, -0.05) is 170 Å². The maximum atomic E-state index is 6.54. The maximum Gasteiger partial charge on any atom is 0.160 e. The summed E-state index contributed by atoms with van der Waals surface area (Å²) >= 11 is 0. The number of fused-ring (bicyclic) bond motifs is 2. The molecule has 0 atom stereocenters. The molecule has 0 fully saturated rings. The minimum absolute atomic E-state index is 0.636. The highest BCUT2D eigenvalue weighted by Crippen LogP contribution is 2.55. The molecule has 3 heteroatoms. The lowest BCUT2D eigenvalue weighted by Crippen LogP contribution is -2.34. The molecule has 0 unspecified atom stereocenters. The minimum atomic E-state index is -0.636. The highest BCUT2D eigenvalue weighted by atomic mass is 16.5. The number of hydrogen-bond donors (Lipinski definition) is 0. The summed E-state index contributed by atoms with van der Waals surface area (Å²) in [4.78, 5) is 10.6. The zero-order valence-electron chi connectivity index (χ0n) is 27.3. The van der Waals surface area contributed by atoms with E-state index in [4.69, 9.17) is 14.7 Å². The number of para-hydroxylation sites is 2. The summed E-state index contributed by atoms with van der Waals surface area (Å²) in [6.07, 6.45) is 0. The number of aromatic nitrogens is 2. The maximum absolute atomic E-state index is 6.54. The number of ether oxygens (including phenoxy) is 1. The van der Waals surface area contributed by atoms with Crippen molar-refractivity contribution < 1.29 is 4.74 Å². The van der Waals surface area contributed by atoms with Gasteiger partial charge in [-0.15, -0.1) is 0 Å². The second kappa shape index (κ2) is 12.5. The third kappa shape index (κ3) is 4.99. The largest absolute Gasteiger partial charge is 0.457 e. The fourth-order valence-corrected chi connectivity index (χ4v) is 7.41. The van der Waals surface area contributed by atoms with Crippen molar-refractivity contribution in [3.63, 3.8) is 0 Å². The van der Waals surface area contributed by atoms with Crippen LogP contribution in [0.1, 0.15) is 22.3 Å². The van der Waals surface area contributed by atoms with E-state index in [9.17, 15) is 0 Å². The average molecular weight is 641 g/mol. The van der Waals surface area contributed by atoms with Crippen molar-refractivity contribution in [1.82, 2.24) is 9.97 Å². The molecule has 236 valence electrons. The van der Waals surface area contributed by atoms with Gasteiger partial charge in [-0.3, -0.25) is 0 Å². The standard InChI is InChI=1S/C47H32N2O/c1-4-17-33(18-5-1)38-25-10-11-26-39(38)43-32-42(34-19-6-2-7-20-34)48-46(49-43)35-21-16-24-37(31-35)47(36-22-8-3-9-23-36)40-27-12-14-29-44(40)50-45-30-15-13-28-41(45)47/h1-32H. The molecule has 50 heavy (non-hydrogen) atoms. The van der Waals surface area contributed by atoms with Gasteiger partial charge in [-0.2, -0.15) is 0 Å². The molecule has 0 bridgehead atoms. The SMILES string of the molecule is c1ccc(-c2cc(-c3ccccc3-c3ccccc3)nc(-c3cccc(C4(c5ccccc5)c5ccccc5Oc5ccccc54)c3)n2)cc1. The van der Waals surface area contributed by atoms with Gasteiger partial charge in [0.15, 0.2) is 5.82 Å². The molecule has 0 aliphatic carbocycles. The van der Waals surface area contributed by atoms with Crippen LogP contribution in [0.25, 0.3) is 45.0 Å². The lowest BCUT2D eigenvalue weighted by atomic mass is 9.63. The molecule has 0 spiro atoms. The van der Waals surface area contributed by atoms with E-state index >= 15 is 0 Å². The molecule has 0 N–H and O–H groups in total. The van der Waals surface area contributed by atoms with Crippen LogP contribution >= 0.6 is 0 Å². The second-order valence-electron chi connectivity index (χ2n) is 12.5. The Morgan fingerprint density at radius 2 is 0.860 bits per heavy atom. The van der Waals surface area contributed by atoms with Gasteiger partial charge in [0.2, 0.25) is 0 Å². The first kappa shape index (κ1) is 29.6. The summed E-state index contributed by atoms with van der Waals surface area (Å²) in [6, 6.07) is 67.7. The summed E-state index contributed by atoms with van der Waals surface area (Å²) < 4.78 is 6.54. The van der Waals surface area contributed by atoms with Crippen LogP contribution in [-0.2, 0) is 5.41 Å². The quantitative estimate of drug-likeness (QED) is 0.181. The van der Waals surface area contributed by atoms with Gasteiger partial charge >= 0.3 is 0 Å². The van der Waals surface area contributed by atoms with E-state index in [1.165, 1.54) is 0 Å². The van der Waals surface area contributed by atoms with Crippen LogP contribution < -0.4 is 4.74 Å². The molecule has 1 aromatic heterocycles. The van der Waals surface area contributed by atoms with Gasteiger partial charge in [-0.25, -0.2) is 9.97 Å². The highest BCUT2D eigenvalue weighted by Gasteiger charge is 2.45. The van der Waals surface area contributed by atoms with E-state index < -0.39 is 5.41 Å². The molecule has 0 saturated heterocycles. The molecule has 0 radical (unpaired) electrons. The molecule has 2 heterocycles. The smallest absolute Gasteiger partial charge is 0.160 e. The van der Waals surface area contributed by atoms with Crippen molar-refractivity contribution >= 4 is 0 Å². The Balaban J connectivity index is 1.29. The topological polar surface area (TPSA) is 35.0 Å². The molecule has 1 aliphatic heterocycles. The molecule has 3 nitrogen and oxygen atoms in total. The molecule has 8 aromatic rings. The van der Waals surface area contributed by atoms with Crippen molar-refractivity contribution in [2.24, 2.45) is 0 Å². The average Bonchev–Trinajstić information content (AvgIpc) is 3.21. The van der Waals surface area contributed by atoms with Gasteiger partial charge in [0, 0.05) is 27.8 Å². The van der Waals surface area contributed by atoms with Gasteiger partial charge in [0.05, 0.1) is 16.8 Å². The van der Waals surface area contributed by atoms with Crippen LogP contribution in [0.2, 0.25) is 0 Å². The van der Waals surface area contributed by atoms with E-state index in [0.29, 0.717) is 5.82 Å². The molecule has 9 rings (SSSR count). The number of benzene rings is 7. The van der Waals surface area contributed by atoms with Crippen LogP contribution in [0.4, 0.5) is 0 Å². The lowest BCUT2D eigenvalue weighted by Gasteiger charge is -2.41. The predicted octanol–water partition coefficient (Wildman–Crippen LogP) is 11.6. The first-order chi connectivity index (χ1) is 24.8. The Bertz CT molecular complexity index is 2410. The van der Waals surface area contributed by atoms with Gasteiger partial charge in [-0.05, 0) is 46.5 Å². The third-order valence-electron chi connectivity index (χ3n) is 9.65. The summed E-state index contributed by atoms with van der Waals surface area (Å²) in [5.74, 6) is 2.37. The molecule has 1 aliphatic rings. The normalized spacial score (nSPS) is 12.7. The Morgan fingerprint density at radius 1 is 0.360 bits per heavy atom. The summed E-state index contributed by atoms with van der Waals surface area (Å²) in [7, 11) is 0. The van der Waals surface area contributed by atoms with Gasteiger partial charge < -0.3 is 4.74 Å². The summed E-state index contributed by atoms with van der Waals surface area (Å²) in [5, 5.41) is 0. The van der Waals surface area contributed by atoms with Crippen LogP contribution in [0, 0.1) is 0 Å². The molecular weight excluding hydrogens is 609 g/mol. The minimum Gasteiger partial charge on any atom is -0.457 e. The Kier molecular flexibility index (Phi) is 7.37. The van der Waals surface area contributed by atoms with Crippen molar-refractivity contribution in [2.45, 2.75) is 5.41 Å². The first-order valence-corrected chi connectivity index (χ1v) is 16.9. The number of nitrogens with zero attached hydrogens (tertiary/aromatic N) is 2. The number of rotatable bonds is 6. The monoisotopic (exact) mass is 640 g/mol. The fraction of sp³-hybridized carbons (Fsp3) is 0.0213. The van der Waals surface area contributed by atoms with Crippen LogP contribution in [0.15, 0.2) is 194 Å². The molecular formula is C47H32N2O. The van der Waals surface area contributed by atoms with Crippen molar-refractivity contribution in [1.29, 1.82) is 0 Å². The highest BCUT2D eigenvalue weighted by molar-refractivity contribution is 5.84.